The number of primary amides is 1. The van der Waals surface area contributed by atoms with Crippen LogP contribution in [0.3, 0.4) is 0 Å². The minimum atomic E-state index is -1.37. The first kappa shape index (κ1) is 90.2. The molecule has 0 saturated heterocycles. The van der Waals surface area contributed by atoms with Gasteiger partial charge in [0, 0.05) is 110 Å². The smallest absolute Gasteiger partial charge is 0.480 e. The SMILES string of the molecule is NC(=O)[C@@H](CCCCNC(=S)Cc1ccc(C[C@@H](CN(CCN(CC(=O)O)CC(=O)O)CC(=O)O)N(CC(=O)O)CC(=O)O)cc1)NC(=O)CNC(=S)Nc1ccc(CC(CN(CCN(CC(=O)O)CC(=O)O)CC(=O)O)N(CC(=O)O)CC(=O)O)cc1.O.[CH3-].[Gd+3].[Gd]. The Morgan fingerprint density at radius 3 is 1.14 bits per heavy atom. The van der Waals surface area contributed by atoms with Crippen LogP contribution in [0.25, 0.3) is 0 Å². The number of carbonyl (C=O) groups is 12. The van der Waals surface area contributed by atoms with Crippen molar-refractivity contribution in [1.29, 1.82) is 0 Å². The van der Waals surface area contributed by atoms with Gasteiger partial charge in [0.25, 0.3) is 0 Å². The van der Waals surface area contributed by atoms with E-state index in [1.165, 1.54) is 9.80 Å². The average molecular weight is 1630 g/mol. The molecule has 0 aromatic heterocycles. The van der Waals surface area contributed by atoms with Crippen molar-refractivity contribution in [2.24, 2.45) is 5.73 Å². The molecule has 92 heavy (non-hydrogen) atoms. The molecular formula is C54H80Gd2N11O23S2+2. The van der Waals surface area contributed by atoms with Crippen molar-refractivity contribution in [3.05, 3.63) is 72.6 Å². The van der Waals surface area contributed by atoms with Gasteiger partial charge in [0.15, 0.2) is 5.11 Å². The predicted molar refractivity (Wildman–Crippen MR) is 327 cm³/mol. The van der Waals surface area contributed by atoms with Crippen LogP contribution in [-0.4, -0.2) is 303 Å². The number of benzene rings is 2. The number of carbonyl (C=O) groups excluding carboxylic acids is 2. The average Bonchev–Trinajstić information content (AvgIpc) is 1.79. The molecule has 515 valence electrons. The number of anilines is 1. The summed E-state index contributed by atoms with van der Waals surface area (Å²) < 4.78 is 0. The fourth-order valence-electron chi connectivity index (χ4n) is 9.03. The second-order valence-corrected chi connectivity index (χ2v) is 21.1. The summed E-state index contributed by atoms with van der Waals surface area (Å²) in [6, 6.07) is 10.4. The molecule has 1 unspecified atom stereocenters. The number of hydrogen-bond donors (Lipinski definition) is 15. The largest absolute Gasteiger partial charge is 3.00 e. The van der Waals surface area contributed by atoms with Gasteiger partial charge in [0.05, 0.1) is 77.0 Å². The van der Waals surface area contributed by atoms with E-state index in [0.29, 0.717) is 41.2 Å². The van der Waals surface area contributed by atoms with Crippen molar-refractivity contribution < 1.29 is 194 Å². The van der Waals surface area contributed by atoms with E-state index in [-0.39, 0.29) is 169 Å². The first-order chi connectivity index (χ1) is 41.3. The number of rotatable bonds is 48. The fourth-order valence-corrected chi connectivity index (χ4v) is 9.48. The number of aliphatic carboxylic acids is 10. The van der Waals surface area contributed by atoms with Gasteiger partial charge < -0.3 is 91.0 Å². The van der Waals surface area contributed by atoms with Gasteiger partial charge >= 0.3 is 99.6 Å². The number of carboxylic acids is 10. The van der Waals surface area contributed by atoms with Gasteiger partial charge in [-0.15, -0.1) is 0 Å². The Labute approximate surface area is 603 Å². The summed E-state index contributed by atoms with van der Waals surface area (Å²) in [5.41, 5.74) is 7.94. The van der Waals surface area contributed by atoms with Gasteiger partial charge in [-0.2, -0.15) is 0 Å². The van der Waals surface area contributed by atoms with Crippen molar-refractivity contribution in [1.82, 2.24) is 45.3 Å². The molecule has 0 aliphatic heterocycles. The standard InChI is InChI=1S/C53H75N11O22S2.CH3.2Gd.H2O/c54-52(86)39(3-1-2-12-55-41(87)19-35-6-4-33(5-7-35)17-37(63(29-48(78)79)30-49(80)81)21-59(23-42(66)67)13-15-61(25-44(70)71)26-45(72)73)58-40(65)20-56-53(88)57-36-10-8-34(9-11-36)18-38(64(31-50(82)83)32-51(84)85)22-60(24-43(68)69)14-16-62(27-46(74)75)28-47(76)77;;;;/h4-11,37-39H,1-3,12-32H2,(H2,54,86)(H,55,87)(H,58,65)(H,66,67)(H,68,69)(H,70,71)(H,72,73)(H,74,75)(H,76,77)(H,78,79)(H,80,81)(H,82,83)(H,84,85)(H2,56,57,88);1H3;;;1H2/q;-1;;+3;/t37-,38?,39+;;;;/m0..../s1. The van der Waals surface area contributed by atoms with E-state index in [9.17, 15) is 109 Å². The molecule has 2 aromatic carbocycles. The summed E-state index contributed by atoms with van der Waals surface area (Å²) in [6.45, 7) is -7.90. The first-order valence-corrected chi connectivity index (χ1v) is 27.8. The molecule has 2 rings (SSSR count). The maximum absolute atomic E-state index is 12.9. The van der Waals surface area contributed by atoms with E-state index in [0.717, 1.165) is 25.2 Å². The van der Waals surface area contributed by atoms with Gasteiger partial charge in [-0.1, -0.05) is 48.6 Å². The first-order valence-electron chi connectivity index (χ1n) is 27.0. The summed E-state index contributed by atoms with van der Waals surface area (Å²) in [7, 11) is 0. The number of amides is 2. The third-order valence-electron chi connectivity index (χ3n) is 12.8. The number of unbranched alkanes of at least 4 members (excludes halogenated alkanes) is 1. The molecule has 38 heteroatoms. The zero-order valence-electron chi connectivity index (χ0n) is 50.0. The second kappa shape index (κ2) is 48.7. The van der Waals surface area contributed by atoms with E-state index in [4.69, 9.17) is 30.2 Å². The van der Waals surface area contributed by atoms with Crippen molar-refractivity contribution in [2.45, 2.75) is 56.7 Å². The zero-order valence-corrected chi connectivity index (χ0v) is 56.1. The minimum Gasteiger partial charge on any atom is -0.480 e. The fraction of sp³-hybridized carbons (Fsp3) is 0.500. The third kappa shape index (κ3) is 42.3. The van der Waals surface area contributed by atoms with Crippen LogP contribution in [0.2, 0.25) is 0 Å². The number of thiocarbonyl (C=S) groups is 2. The molecule has 0 fully saturated rings. The van der Waals surface area contributed by atoms with Crippen LogP contribution < -0.4 is 27.0 Å². The molecule has 0 spiro atoms. The van der Waals surface area contributed by atoms with Crippen LogP contribution in [-0.2, 0) is 76.8 Å². The van der Waals surface area contributed by atoms with E-state index < -0.39 is 155 Å². The predicted octanol–water partition coefficient (Wildman–Crippen LogP) is -3.62. The molecular weight excluding hydrogens is 1550 g/mol. The summed E-state index contributed by atoms with van der Waals surface area (Å²) in [5.74, 6) is -14.7. The molecule has 18 N–H and O–H groups in total. The number of nitrogens with one attached hydrogen (secondary N) is 4. The normalized spacial score (nSPS) is 11.8. The second-order valence-electron chi connectivity index (χ2n) is 20.2. The molecule has 1 radical (unpaired) electrons. The minimum absolute atomic E-state index is 0. The molecule has 0 heterocycles. The van der Waals surface area contributed by atoms with E-state index in [1.807, 2.05) is 0 Å². The Morgan fingerprint density at radius 1 is 0.467 bits per heavy atom. The maximum Gasteiger partial charge on any atom is 3.00 e. The Morgan fingerprint density at radius 2 is 0.793 bits per heavy atom. The monoisotopic (exact) mass is 1630 g/mol. The van der Waals surface area contributed by atoms with Gasteiger partial charge in [-0.3, -0.25) is 86.9 Å². The Bertz CT molecular complexity index is 2700. The molecule has 2 aromatic rings. The molecule has 0 aliphatic rings. The number of nitrogens with zero attached hydrogens (tertiary/aromatic N) is 6. The quantitative estimate of drug-likeness (QED) is 0.0173. The van der Waals surface area contributed by atoms with Crippen LogP contribution in [0.4, 0.5) is 5.69 Å². The van der Waals surface area contributed by atoms with Gasteiger partial charge in [-0.25, -0.2) is 0 Å². The van der Waals surface area contributed by atoms with Crippen LogP contribution in [0.5, 0.6) is 0 Å². The molecule has 0 aliphatic carbocycles. The summed E-state index contributed by atoms with van der Waals surface area (Å²) >= 11 is 10.9. The van der Waals surface area contributed by atoms with Crippen LogP contribution >= 0.6 is 24.4 Å². The molecule has 34 nitrogen and oxygen atoms in total. The van der Waals surface area contributed by atoms with Crippen LogP contribution in [0.1, 0.15) is 36.0 Å². The summed E-state index contributed by atoms with van der Waals surface area (Å²) in [6.07, 6.45) is 1.44. The molecule has 0 bridgehead atoms. The summed E-state index contributed by atoms with van der Waals surface area (Å²) in [4.78, 5) is 149. The van der Waals surface area contributed by atoms with Crippen molar-refractivity contribution >= 4 is 112 Å². The van der Waals surface area contributed by atoms with Crippen LogP contribution in [0, 0.1) is 87.3 Å². The zero-order chi connectivity index (χ0) is 66.0. The maximum atomic E-state index is 12.9. The molecule has 3 atom stereocenters. The molecule has 0 saturated carbocycles. The van der Waals surface area contributed by atoms with Crippen molar-refractivity contribution in [3.63, 3.8) is 0 Å². The van der Waals surface area contributed by atoms with E-state index in [1.54, 1.807) is 48.5 Å². The van der Waals surface area contributed by atoms with Crippen molar-refractivity contribution in [2.75, 3.05) is 123 Å². The van der Waals surface area contributed by atoms with Gasteiger partial charge in [0.2, 0.25) is 11.8 Å². The Balaban J connectivity index is -0.0000198. The number of hydrogen-bond acceptors (Lipinski definition) is 20. The molecule has 2 amide bonds. The third-order valence-corrected chi connectivity index (χ3v) is 13.3. The van der Waals surface area contributed by atoms with E-state index in [2.05, 4.69) is 21.3 Å². The van der Waals surface area contributed by atoms with Crippen LogP contribution in [0.15, 0.2) is 48.5 Å². The van der Waals surface area contributed by atoms with E-state index >= 15 is 0 Å². The Kier molecular flexibility index (Phi) is 47.8. The van der Waals surface area contributed by atoms with Gasteiger partial charge in [0.1, 0.15) is 6.04 Å². The number of carboxylic acid groups (broad SMARTS) is 10. The topological polar surface area (TPSA) is 532 Å². The van der Waals surface area contributed by atoms with Crippen molar-refractivity contribution in [3.8, 4) is 0 Å². The van der Waals surface area contributed by atoms with Gasteiger partial charge in [-0.05, 0) is 73.1 Å². The number of nitrogens with two attached hydrogens (primary N) is 1. The summed E-state index contributed by atoms with van der Waals surface area (Å²) in [5, 5.41) is 106. The Hall–Kier alpha value is -5.97.